The van der Waals surface area contributed by atoms with Crippen molar-refractivity contribution in [3.8, 4) is 10.6 Å². The molecular weight excluding hydrogens is 378 g/mol. The topological polar surface area (TPSA) is 44.3 Å². The number of hydrogen-bond donors (Lipinski definition) is 1. The first-order chi connectivity index (χ1) is 13.2. The van der Waals surface area contributed by atoms with Gasteiger partial charge in [0.15, 0.2) is 0 Å². The Labute approximate surface area is 169 Å². The van der Waals surface area contributed by atoms with E-state index < -0.39 is 0 Å². The van der Waals surface area contributed by atoms with Crippen molar-refractivity contribution in [2.45, 2.75) is 6.42 Å². The molecule has 3 heterocycles. The van der Waals surface area contributed by atoms with Gasteiger partial charge in [-0.3, -0.25) is 0 Å². The van der Waals surface area contributed by atoms with E-state index in [1.165, 1.54) is 10.1 Å². The van der Waals surface area contributed by atoms with Crippen LogP contribution >= 0.6 is 22.9 Å². The highest BCUT2D eigenvalue weighted by Gasteiger charge is 2.14. The van der Waals surface area contributed by atoms with E-state index in [0.29, 0.717) is 11.0 Å². The number of nitrogens with zero attached hydrogens (tertiary/aromatic N) is 4. The van der Waals surface area contributed by atoms with Gasteiger partial charge in [0.25, 0.3) is 0 Å². The Morgan fingerprint density at radius 3 is 2.81 bits per heavy atom. The van der Waals surface area contributed by atoms with Crippen LogP contribution in [0.5, 0.6) is 0 Å². The van der Waals surface area contributed by atoms with E-state index >= 15 is 0 Å². The number of fused-ring (bicyclic) bond motifs is 1. The van der Waals surface area contributed by atoms with Gasteiger partial charge in [-0.05, 0) is 37.5 Å². The molecular formula is C20H24ClN5S. The number of nitrogens with one attached hydrogen (secondary N) is 1. The van der Waals surface area contributed by atoms with Gasteiger partial charge in [-0.25, -0.2) is 9.97 Å². The first-order valence-electron chi connectivity index (χ1n) is 9.35. The zero-order chi connectivity index (χ0) is 18.6. The van der Waals surface area contributed by atoms with Crippen molar-refractivity contribution in [1.82, 2.24) is 19.8 Å². The summed E-state index contributed by atoms with van der Waals surface area (Å²) in [5, 5.41) is 5.15. The highest BCUT2D eigenvalue weighted by molar-refractivity contribution is 7.22. The fourth-order valence-corrected chi connectivity index (χ4v) is 4.61. The number of halogens is 1. The van der Waals surface area contributed by atoms with Gasteiger partial charge in [-0.2, -0.15) is 0 Å². The molecule has 0 unspecified atom stereocenters. The van der Waals surface area contributed by atoms with Gasteiger partial charge >= 0.3 is 0 Å². The quantitative estimate of drug-likeness (QED) is 0.631. The molecule has 0 aliphatic carbocycles. The molecule has 0 radical (unpaired) electrons. The van der Waals surface area contributed by atoms with Gasteiger partial charge in [0.2, 0.25) is 5.95 Å². The van der Waals surface area contributed by atoms with Gasteiger partial charge in [0.1, 0.15) is 5.69 Å². The fourth-order valence-electron chi connectivity index (χ4n) is 3.30. The lowest BCUT2D eigenvalue weighted by molar-refractivity contribution is 0.154. The van der Waals surface area contributed by atoms with Crippen molar-refractivity contribution in [1.29, 1.82) is 0 Å². The van der Waals surface area contributed by atoms with Crippen molar-refractivity contribution in [2.24, 2.45) is 0 Å². The Morgan fingerprint density at radius 2 is 2.00 bits per heavy atom. The number of rotatable bonds is 6. The zero-order valence-corrected chi connectivity index (χ0v) is 17.1. The van der Waals surface area contributed by atoms with Crippen molar-refractivity contribution in [3.05, 3.63) is 41.6 Å². The lowest BCUT2D eigenvalue weighted by atomic mass is 10.2. The van der Waals surface area contributed by atoms with E-state index in [4.69, 9.17) is 11.6 Å². The third-order valence-electron chi connectivity index (χ3n) is 4.93. The fraction of sp³-hybridized carbons (Fsp3) is 0.400. The molecule has 1 N–H and O–H groups in total. The van der Waals surface area contributed by atoms with Crippen LogP contribution in [0, 0.1) is 0 Å². The Balaban J connectivity index is 1.37. The van der Waals surface area contributed by atoms with Gasteiger partial charge in [-0.15, -0.1) is 11.3 Å². The average Bonchev–Trinajstić information content (AvgIpc) is 3.12. The molecule has 1 saturated heterocycles. The summed E-state index contributed by atoms with van der Waals surface area (Å²) in [6, 6.07) is 10.5. The van der Waals surface area contributed by atoms with E-state index in [1.807, 2.05) is 6.07 Å². The Hall–Kier alpha value is -1.73. The SMILES string of the molecule is CN1CCN(CCCNc2ncc(Cl)c(-c3cc4ccccc4s3)n2)CC1. The summed E-state index contributed by atoms with van der Waals surface area (Å²) in [5.41, 5.74) is 0.800. The second-order valence-corrected chi connectivity index (χ2v) is 8.45. The second-order valence-electron chi connectivity index (χ2n) is 6.96. The maximum atomic E-state index is 6.38. The standard InChI is InChI=1S/C20H24ClN5S/c1-25-9-11-26(12-10-25)8-4-7-22-20-23-14-16(21)19(24-20)18-13-15-5-2-3-6-17(15)27-18/h2-3,5-6,13-14H,4,7-12H2,1H3,(H,22,23,24). The van der Waals surface area contributed by atoms with Crippen LogP contribution in [0.15, 0.2) is 36.5 Å². The van der Waals surface area contributed by atoms with Crippen LogP contribution in [0.1, 0.15) is 6.42 Å². The number of piperazine rings is 1. The van der Waals surface area contributed by atoms with Crippen LogP contribution in [0.2, 0.25) is 5.02 Å². The van der Waals surface area contributed by atoms with Crippen molar-refractivity contribution >= 4 is 39.0 Å². The molecule has 1 aromatic carbocycles. The number of likely N-dealkylation sites (N-methyl/N-ethyl adjacent to an activating group) is 1. The minimum Gasteiger partial charge on any atom is -0.354 e. The Morgan fingerprint density at radius 1 is 1.19 bits per heavy atom. The molecule has 2 aromatic heterocycles. The van der Waals surface area contributed by atoms with Gasteiger partial charge in [-0.1, -0.05) is 29.8 Å². The first kappa shape index (κ1) is 18.6. The van der Waals surface area contributed by atoms with E-state index in [9.17, 15) is 0 Å². The summed E-state index contributed by atoms with van der Waals surface area (Å²) in [6.45, 7) is 6.60. The molecule has 0 saturated carbocycles. The number of aromatic nitrogens is 2. The zero-order valence-electron chi connectivity index (χ0n) is 15.5. The maximum absolute atomic E-state index is 6.38. The molecule has 3 aromatic rings. The smallest absolute Gasteiger partial charge is 0.223 e. The van der Waals surface area contributed by atoms with Crippen LogP contribution < -0.4 is 5.32 Å². The number of benzene rings is 1. The number of anilines is 1. The van der Waals surface area contributed by atoms with Crippen LogP contribution in [0.25, 0.3) is 20.7 Å². The van der Waals surface area contributed by atoms with Gasteiger partial charge in [0, 0.05) is 37.4 Å². The Bertz CT molecular complexity index is 871. The largest absolute Gasteiger partial charge is 0.354 e. The molecule has 1 fully saturated rings. The van der Waals surface area contributed by atoms with Crippen LogP contribution in [-0.4, -0.2) is 66.1 Å². The molecule has 4 rings (SSSR count). The predicted molar refractivity (Wildman–Crippen MR) is 115 cm³/mol. The molecule has 0 spiro atoms. The number of thiophene rings is 1. The molecule has 0 bridgehead atoms. The minimum atomic E-state index is 0.588. The lowest BCUT2D eigenvalue weighted by Gasteiger charge is -2.32. The summed E-state index contributed by atoms with van der Waals surface area (Å²) in [6.07, 6.45) is 2.77. The van der Waals surface area contributed by atoms with Crippen LogP contribution in [0.4, 0.5) is 5.95 Å². The van der Waals surface area contributed by atoms with Crippen LogP contribution in [0.3, 0.4) is 0 Å². The van der Waals surface area contributed by atoms with Crippen LogP contribution in [-0.2, 0) is 0 Å². The van der Waals surface area contributed by atoms with Gasteiger partial charge < -0.3 is 15.1 Å². The molecule has 5 nitrogen and oxygen atoms in total. The molecule has 1 aliphatic heterocycles. The summed E-state index contributed by atoms with van der Waals surface area (Å²) in [7, 11) is 2.19. The third-order valence-corrected chi connectivity index (χ3v) is 6.33. The second kappa shape index (κ2) is 8.52. The van der Waals surface area contributed by atoms with E-state index in [2.05, 4.69) is 56.4 Å². The maximum Gasteiger partial charge on any atom is 0.223 e. The minimum absolute atomic E-state index is 0.588. The lowest BCUT2D eigenvalue weighted by Crippen LogP contribution is -2.44. The van der Waals surface area contributed by atoms with Crippen molar-refractivity contribution < 1.29 is 0 Å². The summed E-state index contributed by atoms with van der Waals surface area (Å²) >= 11 is 8.08. The highest BCUT2D eigenvalue weighted by atomic mass is 35.5. The normalized spacial score (nSPS) is 16.1. The molecule has 1 aliphatic rings. The summed E-state index contributed by atoms with van der Waals surface area (Å²) in [4.78, 5) is 15.0. The van der Waals surface area contributed by atoms with E-state index in [-0.39, 0.29) is 0 Å². The first-order valence-corrected chi connectivity index (χ1v) is 10.5. The molecule has 27 heavy (non-hydrogen) atoms. The molecule has 7 heteroatoms. The van der Waals surface area contributed by atoms with Crippen molar-refractivity contribution in [2.75, 3.05) is 51.6 Å². The Kier molecular flexibility index (Phi) is 5.88. The summed E-state index contributed by atoms with van der Waals surface area (Å²) < 4.78 is 1.24. The summed E-state index contributed by atoms with van der Waals surface area (Å²) in [5.74, 6) is 0.644. The monoisotopic (exact) mass is 401 g/mol. The molecule has 0 atom stereocenters. The van der Waals surface area contributed by atoms with E-state index in [1.54, 1.807) is 17.5 Å². The van der Waals surface area contributed by atoms with Gasteiger partial charge in [0.05, 0.1) is 16.1 Å². The highest BCUT2D eigenvalue weighted by Crippen LogP contribution is 2.35. The third kappa shape index (κ3) is 4.58. The molecule has 0 amide bonds. The number of hydrogen-bond acceptors (Lipinski definition) is 6. The predicted octanol–water partition coefficient (Wildman–Crippen LogP) is 4.06. The molecule has 142 valence electrons. The van der Waals surface area contributed by atoms with E-state index in [0.717, 1.165) is 56.3 Å². The van der Waals surface area contributed by atoms with Crippen molar-refractivity contribution in [3.63, 3.8) is 0 Å². The average molecular weight is 402 g/mol.